The predicted octanol–water partition coefficient (Wildman–Crippen LogP) is 11.2. The molecular weight excluding hydrogens is 391 g/mol. The Morgan fingerprint density at radius 3 is 0.862 bits per heavy atom. The second-order valence-corrected chi connectivity index (χ2v) is 18.3. The zero-order chi connectivity index (χ0) is 21.7. The van der Waals surface area contributed by atoms with E-state index in [1.165, 1.54) is 147 Å². The molecule has 0 unspecified atom stereocenters. The molecule has 0 radical (unpaired) electrons. The summed E-state index contributed by atoms with van der Waals surface area (Å²) in [7, 11) is 0. The molecule has 178 valence electrons. The Bertz CT molecular complexity index is 312. The van der Waals surface area contributed by atoms with Gasteiger partial charge in [-0.15, -0.1) is 0 Å². The van der Waals surface area contributed by atoms with Crippen LogP contribution in [0.1, 0.15) is 150 Å². The van der Waals surface area contributed by atoms with Gasteiger partial charge in [0.05, 0.1) is 0 Å². The molecule has 0 heterocycles. The number of hydrogen-bond acceptors (Lipinski definition) is 0. The summed E-state index contributed by atoms with van der Waals surface area (Å²) in [5, 5.41) is 0. The molecule has 0 saturated heterocycles. The Balaban J connectivity index is 4.51. The van der Waals surface area contributed by atoms with Crippen molar-refractivity contribution in [2.24, 2.45) is 0 Å². The molecule has 0 spiro atoms. The normalized spacial score (nSPS) is 13.5. The molecule has 0 nitrogen and oxygen atoms in total. The van der Waals surface area contributed by atoms with Gasteiger partial charge >= 0.3 is 192 Å². The van der Waals surface area contributed by atoms with E-state index in [9.17, 15) is 0 Å². The first-order valence-electron chi connectivity index (χ1n) is 13.8. The standard InChI is InChI=1S/C27H58ClP/c1-5-9-13-14-15-16-17-18-19-23-27-29(28,24-20-10-6-2,25-21-11-7-3)26-22-12-8-4/h5-27H2,1-4H3. The first kappa shape index (κ1) is 29.7. The van der Waals surface area contributed by atoms with Crippen molar-refractivity contribution in [3.8, 4) is 0 Å². The van der Waals surface area contributed by atoms with Crippen molar-refractivity contribution in [3.63, 3.8) is 0 Å². The maximum atomic E-state index is 7.85. The van der Waals surface area contributed by atoms with Crippen molar-refractivity contribution >= 4 is 17.2 Å². The third-order valence-corrected chi connectivity index (χ3v) is 14.8. The van der Waals surface area contributed by atoms with Crippen molar-refractivity contribution in [1.82, 2.24) is 0 Å². The predicted molar refractivity (Wildman–Crippen MR) is 143 cm³/mol. The van der Waals surface area contributed by atoms with Crippen LogP contribution in [0, 0.1) is 0 Å². The zero-order valence-corrected chi connectivity index (χ0v) is 22.7. The van der Waals surface area contributed by atoms with E-state index in [0.29, 0.717) is 0 Å². The van der Waals surface area contributed by atoms with Crippen molar-refractivity contribution in [2.45, 2.75) is 150 Å². The van der Waals surface area contributed by atoms with Crippen LogP contribution < -0.4 is 0 Å². The van der Waals surface area contributed by atoms with Gasteiger partial charge in [0.15, 0.2) is 0 Å². The molecule has 0 atom stereocenters. The van der Waals surface area contributed by atoms with Crippen LogP contribution in [-0.2, 0) is 0 Å². The Labute approximate surface area is 191 Å². The van der Waals surface area contributed by atoms with Crippen LogP contribution >= 0.6 is 17.2 Å². The van der Waals surface area contributed by atoms with Crippen molar-refractivity contribution in [1.29, 1.82) is 0 Å². The minimum absolute atomic E-state index is 1.32. The molecule has 0 aromatic rings. The van der Waals surface area contributed by atoms with Crippen LogP contribution in [0.4, 0.5) is 0 Å². The fourth-order valence-corrected chi connectivity index (χ4v) is 11.8. The Morgan fingerprint density at radius 2 is 0.552 bits per heavy atom. The summed E-state index contributed by atoms with van der Waals surface area (Å²) in [4.78, 5) is 0. The van der Waals surface area contributed by atoms with Crippen molar-refractivity contribution in [3.05, 3.63) is 0 Å². The fraction of sp³-hybridized carbons (Fsp3) is 1.00. The van der Waals surface area contributed by atoms with E-state index >= 15 is 0 Å². The molecule has 2 heteroatoms. The Kier molecular flexibility index (Phi) is 19.9. The van der Waals surface area contributed by atoms with Crippen LogP contribution in [-0.4, -0.2) is 24.6 Å². The SMILES string of the molecule is CCCCCCCCCCCCP(Cl)(CCCCC)(CCCCC)CCCCC. The molecule has 0 saturated carbocycles. The van der Waals surface area contributed by atoms with Gasteiger partial charge in [-0.2, -0.15) is 0 Å². The summed E-state index contributed by atoms with van der Waals surface area (Å²) in [6, 6.07) is 0. The quantitative estimate of drug-likeness (QED) is 0.108. The summed E-state index contributed by atoms with van der Waals surface area (Å²) in [5.74, 6) is -2.02. The van der Waals surface area contributed by atoms with E-state index in [1.54, 1.807) is 0 Å². The number of halogens is 1. The second-order valence-electron chi connectivity index (χ2n) is 10.0. The van der Waals surface area contributed by atoms with Gasteiger partial charge in [-0.3, -0.25) is 0 Å². The van der Waals surface area contributed by atoms with Crippen LogP contribution in [0.5, 0.6) is 0 Å². The number of hydrogen-bond donors (Lipinski definition) is 0. The molecule has 29 heavy (non-hydrogen) atoms. The van der Waals surface area contributed by atoms with E-state index in [1.807, 2.05) is 0 Å². The van der Waals surface area contributed by atoms with Gasteiger partial charge in [-0.05, 0) is 0 Å². The van der Waals surface area contributed by atoms with Gasteiger partial charge in [0, 0.05) is 0 Å². The third-order valence-electron chi connectivity index (χ3n) is 7.03. The summed E-state index contributed by atoms with van der Waals surface area (Å²) in [5.41, 5.74) is 0. The number of rotatable bonds is 23. The summed E-state index contributed by atoms with van der Waals surface area (Å²) < 4.78 is 0. The van der Waals surface area contributed by atoms with Gasteiger partial charge in [-0.25, -0.2) is 0 Å². The van der Waals surface area contributed by atoms with Crippen LogP contribution in [0.3, 0.4) is 0 Å². The van der Waals surface area contributed by atoms with Crippen molar-refractivity contribution in [2.75, 3.05) is 24.6 Å². The van der Waals surface area contributed by atoms with E-state index in [2.05, 4.69) is 27.7 Å². The molecule has 0 aliphatic carbocycles. The molecule has 0 amide bonds. The number of unbranched alkanes of at least 4 members (excludes halogenated alkanes) is 15. The zero-order valence-electron chi connectivity index (χ0n) is 21.1. The molecule has 0 aliphatic rings. The van der Waals surface area contributed by atoms with E-state index in [-0.39, 0.29) is 0 Å². The van der Waals surface area contributed by atoms with E-state index in [0.717, 1.165) is 0 Å². The average molecular weight is 449 g/mol. The average Bonchev–Trinajstić information content (AvgIpc) is 2.70. The van der Waals surface area contributed by atoms with Crippen molar-refractivity contribution < 1.29 is 0 Å². The van der Waals surface area contributed by atoms with Gasteiger partial charge in [0.1, 0.15) is 0 Å². The van der Waals surface area contributed by atoms with Crippen LogP contribution in [0.2, 0.25) is 0 Å². The summed E-state index contributed by atoms with van der Waals surface area (Å²) in [6.07, 6.45) is 32.1. The third kappa shape index (κ3) is 16.1. The van der Waals surface area contributed by atoms with Crippen LogP contribution in [0.15, 0.2) is 0 Å². The monoisotopic (exact) mass is 448 g/mol. The molecule has 0 aromatic heterocycles. The first-order chi connectivity index (χ1) is 14.0. The molecule has 0 rings (SSSR count). The second kappa shape index (κ2) is 19.4. The Morgan fingerprint density at radius 1 is 0.345 bits per heavy atom. The first-order valence-corrected chi connectivity index (χ1v) is 17.6. The van der Waals surface area contributed by atoms with E-state index in [4.69, 9.17) is 11.2 Å². The van der Waals surface area contributed by atoms with Crippen LogP contribution in [0.25, 0.3) is 0 Å². The van der Waals surface area contributed by atoms with Gasteiger partial charge in [0.2, 0.25) is 0 Å². The molecule has 0 N–H and O–H groups in total. The summed E-state index contributed by atoms with van der Waals surface area (Å²) >= 11 is 7.85. The van der Waals surface area contributed by atoms with Gasteiger partial charge in [-0.1, -0.05) is 0 Å². The fourth-order valence-electron chi connectivity index (χ4n) is 4.94. The molecular formula is C27H58ClP. The topological polar surface area (TPSA) is 0 Å². The minimum atomic E-state index is -2.02. The van der Waals surface area contributed by atoms with Gasteiger partial charge in [0.25, 0.3) is 0 Å². The molecule has 0 aliphatic heterocycles. The Hall–Kier alpha value is 0.720. The van der Waals surface area contributed by atoms with Gasteiger partial charge < -0.3 is 0 Å². The summed E-state index contributed by atoms with van der Waals surface area (Å²) in [6.45, 7) is 9.30. The molecule has 0 fully saturated rings. The molecule has 0 bridgehead atoms. The van der Waals surface area contributed by atoms with E-state index < -0.39 is 5.96 Å². The maximum absolute atomic E-state index is 7.85. The molecule has 0 aromatic carbocycles.